The minimum absolute atomic E-state index is 0.109. The van der Waals surface area contributed by atoms with Crippen LogP contribution in [0, 0.1) is 0 Å². The highest BCUT2D eigenvalue weighted by Gasteiger charge is 2.11. The minimum atomic E-state index is -0.635. The van der Waals surface area contributed by atoms with Crippen molar-refractivity contribution in [1.29, 1.82) is 0 Å². The van der Waals surface area contributed by atoms with Gasteiger partial charge < -0.3 is 10.8 Å². The number of nitrogens with one attached hydrogen (secondary N) is 1. The highest BCUT2D eigenvalue weighted by atomic mass is 16.3. The van der Waals surface area contributed by atoms with E-state index in [9.17, 15) is 9.90 Å². The molecule has 2 aromatic carbocycles. The van der Waals surface area contributed by atoms with Crippen LogP contribution in [-0.2, 0) is 0 Å². The number of amides is 2. The van der Waals surface area contributed by atoms with Gasteiger partial charge in [0, 0.05) is 6.07 Å². The molecular formula is C13H13N3O2. The zero-order valence-corrected chi connectivity index (χ0v) is 9.58. The molecule has 2 amide bonds. The first-order valence-electron chi connectivity index (χ1n) is 5.37. The molecule has 5 heteroatoms. The van der Waals surface area contributed by atoms with E-state index in [0.29, 0.717) is 11.4 Å². The summed E-state index contributed by atoms with van der Waals surface area (Å²) in [5.41, 5.74) is 9.34. The average Bonchev–Trinajstić information content (AvgIpc) is 2.37. The Morgan fingerprint density at radius 1 is 1.11 bits per heavy atom. The molecule has 0 saturated carbocycles. The summed E-state index contributed by atoms with van der Waals surface area (Å²) >= 11 is 0. The summed E-state index contributed by atoms with van der Waals surface area (Å²) < 4.78 is 0. The van der Waals surface area contributed by atoms with Gasteiger partial charge in [0.05, 0.1) is 11.4 Å². The number of rotatable bonds is 3. The molecule has 0 spiro atoms. The number of aromatic hydroxyl groups is 1. The van der Waals surface area contributed by atoms with E-state index in [2.05, 4.69) is 5.43 Å². The van der Waals surface area contributed by atoms with Crippen LogP contribution in [0.2, 0.25) is 0 Å². The standard InChI is InChI=1S/C13H13N3O2/c14-13(18)16(11-6-2-1-3-7-11)15-10-5-4-8-12(17)9-10/h1-9,15,17H,(H2,14,18). The lowest BCUT2D eigenvalue weighted by Crippen LogP contribution is -2.40. The second-order valence-corrected chi connectivity index (χ2v) is 3.67. The third-order valence-electron chi connectivity index (χ3n) is 2.32. The van der Waals surface area contributed by atoms with Gasteiger partial charge in [-0.3, -0.25) is 5.43 Å². The predicted molar refractivity (Wildman–Crippen MR) is 70.2 cm³/mol. The number of carbonyl (C=O) groups excluding carboxylic acids is 1. The number of anilines is 2. The van der Waals surface area contributed by atoms with Crippen molar-refractivity contribution >= 4 is 17.4 Å². The number of carbonyl (C=O) groups is 1. The molecule has 2 rings (SSSR count). The topological polar surface area (TPSA) is 78.6 Å². The van der Waals surface area contributed by atoms with E-state index in [0.717, 1.165) is 0 Å². The fourth-order valence-electron chi connectivity index (χ4n) is 1.53. The van der Waals surface area contributed by atoms with E-state index in [-0.39, 0.29) is 5.75 Å². The zero-order valence-electron chi connectivity index (χ0n) is 9.58. The van der Waals surface area contributed by atoms with E-state index in [1.54, 1.807) is 42.5 Å². The Morgan fingerprint density at radius 2 is 1.83 bits per heavy atom. The van der Waals surface area contributed by atoms with Gasteiger partial charge in [0.1, 0.15) is 5.75 Å². The van der Waals surface area contributed by atoms with Gasteiger partial charge in [-0.05, 0) is 24.3 Å². The highest BCUT2D eigenvalue weighted by Crippen LogP contribution is 2.19. The van der Waals surface area contributed by atoms with Crippen LogP contribution in [0.5, 0.6) is 5.75 Å². The van der Waals surface area contributed by atoms with Crippen LogP contribution in [0.15, 0.2) is 54.6 Å². The van der Waals surface area contributed by atoms with Crippen LogP contribution in [0.3, 0.4) is 0 Å². The zero-order chi connectivity index (χ0) is 13.0. The van der Waals surface area contributed by atoms with Gasteiger partial charge in [-0.15, -0.1) is 0 Å². The molecule has 0 aliphatic heterocycles. The van der Waals surface area contributed by atoms with Crippen LogP contribution < -0.4 is 16.2 Å². The minimum Gasteiger partial charge on any atom is -0.508 e. The molecule has 2 aromatic rings. The van der Waals surface area contributed by atoms with Crippen molar-refractivity contribution in [2.75, 3.05) is 10.4 Å². The number of hydrogen-bond donors (Lipinski definition) is 3. The summed E-state index contributed by atoms with van der Waals surface area (Å²) in [4.78, 5) is 11.4. The molecule has 0 atom stereocenters. The number of urea groups is 1. The first-order chi connectivity index (χ1) is 8.66. The van der Waals surface area contributed by atoms with Crippen molar-refractivity contribution in [2.24, 2.45) is 5.73 Å². The van der Waals surface area contributed by atoms with E-state index < -0.39 is 6.03 Å². The molecule has 0 aromatic heterocycles. The summed E-state index contributed by atoms with van der Waals surface area (Å²) in [7, 11) is 0. The highest BCUT2D eigenvalue weighted by molar-refractivity contribution is 5.92. The number of nitrogens with zero attached hydrogens (tertiary/aromatic N) is 1. The van der Waals surface area contributed by atoms with E-state index in [1.165, 1.54) is 11.1 Å². The summed E-state index contributed by atoms with van der Waals surface area (Å²) in [6.45, 7) is 0. The Balaban J connectivity index is 2.25. The molecule has 0 saturated heterocycles. The third-order valence-corrected chi connectivity index (χ3v) is 2.32. The van der Waals surface area contributed by atoms with Crippen LogP contribution in [-0.4, -0.2) is 11.1 Å². The van der Waals surface area contributed by atoms with Crippen LogP contribution in [0.1, 0.15) is 0 Å². The quantitative estimate of drug-likeness (QED) is 0.724. The molecule has 0 aliphatic rings. The first-order valence-corrected chi connectivity index (χ1v) is 5.37. The average molecular weight is 243 g/mol. The SMILES string of the molecule is NC(=O)N(Nc1cccc(O)c1)c1ccccc1. The number of hydrogen-bond acceptors (Lipinski definition) is 3. The number of benzene rings is 2. The fraction of sp³-hybridized carbons (Fsp3) is 0. The summed E-state index contributed by atoms with van der Waals surface area (Å²) in [5.74, 6) is 0.109. The molecule has 0 heterocycles. The normalized spacial score (nSPS) is 9.78. The second-order valence-electron chi connectivity index (χ2n) is 3.67. The molecule has 0 bridgehead atoms. The molecule has 0 radical (unpaired) electrons. The number of phenolic OH excluding ortho intramolecular Hbond substituents is 1. The van der Waals surface area contributed by atoms with Crippen LogP contribution >= 0.6 is 0 Å². The van der Waals surface area contributed by atoms with Crippen molar-refractivity contribution in [3.05, 3.63) is 54.6 Å². The number of hydrazine groups is 1. The summed E-state index contributed by atoms with van der Waals surface area (Å²) in [6, 6.07) is 14.7. The molecule has 5 nitrogen and oxygen atoms in total. The predicted octanol–water partition coefficient (Wildman–Crippen LogP) is 2.30. The van der Waals surface area contributed by atoms with E-state index in [4.69, 9.17) is 5.73 Å². The third kappa shape index (κ3) is 2.70. The Kier molecular flexibility index (Phi) is 3.33. The molecule has 0 unspecified atom stereocenters. The summed E-state index contributed by atoms with van der Waals surface area (Å²) in [6.07, 6.45) is 0. The fourth-order valence-corrected chi connectivity index (χ4v) is 1.53. The van der Waals surface area contributed by atoms with E-state index >= 15 is 0 Å². The van der Waals surface area contributed by atoms with Crippen molar-refractivity contribution in [3.63, 3.8) is 0 Å². The Hall–Kier alpha value is -2.69. The Labute approximate surface area is 104 Å². The number of primary amides is 1. The molecule has 0 fully saturated rings. The smallest absolute Gasteiger partial charge is 0.338 e. The second kappa shape index (κ2) is 5.09. The molecule has 0 aliphatic carbocycles. The van der Waals surface area contributed by atoms with Gasteiger partial charge in [0.2, 0.25) is 0 Å². The van der Waals surface area contributed by atoms with Crippen LogP contribution in [0.4, 0.5) is 16.2 Å². The maximum Gasteiger partial charge on any atom is 0.338 e. The molecule has 18 heavy (non-hydrogen) atoms. The lowest BCUT2D eigenvalue weighted by molar-refractivity contribution is 0.255. The monoisotopic (exact) mass is 243 g/mol. The van der Waals surface area contributed by atoms with E-state index in [1.807, 2.05) is 6.07 Å². The van der Waals surface area contributed by atoms with Crippen molar-refractivity contribution in [2.45, 2.75) is 0 Å². The number of phenols is 1. The molecule has 4 N–H and O–H groups in total. The maximum atomic E-state index is 11.4. The van der Waals surface area contributed by atoms with Crippen molar-refractivity contribution < 1.29 is 9.90 Å². The van der Waals surface area contributed by atoms with Gasteiger partial charge >= 0.3 is 6.03 Å². The van der Waals surface area contributed by atoms with Crippen molar-refractivity contribution in [1.82, 2.24) is 0 Å². The van der Waals surface area contributed by atoms with Gasteiger partial charge in [0.25, 0.3) is 0 Å². The Morgan fingerprint density at radius 3 is 2.44 bits per heavy atom. The van der Waals surface area contributed by atoms with Gasteiger partial charge in [-0.25, -0.2) is 9.80 Å². The van der Waals surface area contributed by atoms with Gasteiger partial charge in [-0.2, -0.15) is 0 Å². The van der Waals surface area contributed by atoms with Crippen LogP contribution in [0.25, 0.3) is 0 Å². The summed E-state index contributed by atoms with van der Waals surface area (Å²) in [5, 5.41) is 10.6. The first kappa shape index (κ1) is 11.8. The largest absolute Gasteiger partial charge is 0.508 e. The Bertz CT molecular complexity index is 543. The molecular weight excluding hydrogens is 230 g/mol. The molecule has 92 valence electrons. The number of para-hydroxylation sites is 1. The maximum absolute atomic E-state index is 11.4. The lowest BCUT2D eigenvalue weighted by Gasteiger charge is -2.22. The van der Waals surface area contributed by atoms with Gasteiger partial charge in [-0.1, -0.05) is 24.3 Å². The van der Waals surface area contributed by atoms with Crippen molar-refractivity contribution in [3.8, 4) is 5.75 Å². The number of nitrogens with two attached hydrogens (primary N) is 1. The lowest BCUT2D eigenvalue weighted by atomic mass is 10.3. The van der Waals surface area contributed by atoms with Gasteiger partial charge in [0.15, 0.2) is 0 Å².